The van der Waals surface area contributed by atoms with Gasteiger partial charge in [-0.2, -0.15) is 0 Å². The standard InChI is InChI=1S/C36H26NO3PS/c1-23(24-9-3-2-4-10-24)37-41(38)39-33-21-19-29-27-13-7-5-11-25(27)15-17-31(29)35(33)36-32-18-16-26-12-6-8-14-28(26)30(32)20-22-34(36)42-40-41/h2-23H,1H3,(H,37,38). The Kier molecular flexibility index (Phi) is 6.09. The molecule has 0 fully saturated rings. The molecule has 0 amide bonds. The number of rotatable bonds is 3. The van der Waals surface area contributed by atoms with Crippen LogP contribution in [0.3, 0.4) is 0 Å². The maximum Gasteiger partial charge on any atom is 0.470 e. The summed E-state index contributed by atoms with van der Waals surface area (Å²) in [6, 6.07) is 43.3. The Hall–Kier alpha value is -4.12. The van der Waals surface area contributed by atoms with Gasteiger partial charge in [-0.05, 0) is 67.7 Å². The van der Waals surface area contributed by atoms with Crippen molar-refractivity contribution >= 4 is 62.9 Å². The second kappa shape index (κ2) is 10.0. The van der Waals surface area contributed by atoms with Crippen LogP contribution in [0.1, 0.15) is 18.5 Å². The molecule has 204 valence electrons. The first-order valence-corrected chi connectivity index (χ1v) is 16.2. The minimum atomic E-state index is -3.81. The molecule has 0 aliphatic carbocycles. The second-order valence-corrected chi connectivity index (χ2v) is 13.3. The zero-order chi connectivity index (χ0) is 28.3. The lowest BCUT2D eigenvalue weighted by Gasteiger charge is -2.28. The van der Waals surface area contributed by atoms with Crippen LogP contribution >= 0.6 is 19.8 Å². The van der Waals surface area contributed by atoms with Gasteiger partial charge in [-0.15, -0.1) is 0 Å². The summed E-state index contributed by atoms with van der Waals surface area (Å²) in [4.78, 5) is 0.886. The number of fused-ring (bicyclic) bond motifs is 11. The fourth-order valence-electron chi connectivity index (χ4n) is 6.13. The van der Waals surface area contributed by atoms with E-state index in [0.717, 1.165) is 60.6 Å². The van der Waals surface area contributed by atoms with Crippen LogP contribution in [0.5, 0.6) is 5.75 Å². The Morgan fingerprint density at radius 3 is 1.86 bits per heavy atom. The van der Waals surface area contributed by atoms with E-state index in [-0.39, 0.29) is 6.04 Å². The van der Waals surface area contributed by atoms with Gasteiger partial charge >= 0.3 is 7.75 Å². The molecule has 2 atom stereocenters. The van der Waals surface area contributed by atoms with Crippen LogP contribution in [-0.2, 0) is 8.54 Å². The average molecular weight is 584 g/mol. The molecule has 0 aromatic heterocycles. The fourth-order valence-corrected chi connectivity index (χ4v) is 8.65. The summed E-state index contributed by atoms with van der Waals surface area (Å²) < 4.78 is 26.9. The third kappa shape index (κ3) is 4.21. The normalized spacial score (nSPS) is 17.4. The molecule has 1 aliphatic heterocycles. The summed E-state index contributed by atoms with van der Waals surface area (Å²) >= 11 is 1.11. The quantitative estimate of drug-likeness (QED) is 0.127. The molecule has 8 rings (SSSR count). The largest absolute Gasteiger partial charge is 0.470 e. The van der Waals surface area contributed by atoms with Crippen molar-refractivity contribution in [3.63, 3.8) is 0 Å². The average Bonchev–Trinajstić information content (AvgIpc) is 3.03. The van der Waals surface area contributed by atoms with E-state index < -0.39 is 7.75 Å². The van der Waals surface area contributed by atoms with Crippen molar-refractivity contribution in [3.05, 3.63) is 133 Å². The Balaban J connectivity index is 1.40. The van der Waals surface area contributed by atoms with Crippen LogP contribution in [0.15, 0.2) is 132 Å². The van der Waals surface area contributed by atoms with Gasteiger partial charge in [0.1, 0.15) is 5.75 Å². The lowest BCUT2D eigenvalue weighted by Crippen LogP contribution is -2.20. The smallest absolute Gasteiger partial charge is 0.412 e. The fraction of sp³-hybridized carbons (Fsp3) is 0.0556. The number of hydrogen-bond acceptors (Lipinski definition) is 4. The minimum Gasteiger partial charge on any atom is -0.412 e. The summed E-state index contributed by atoms with van der Waals surface area (Å²) in [5.74, 6) is 0.524. The molecular weight excluding hydrogens is 557 g/mol. The highest BCUT2D eigenvalue weighted by Crippen LogP contribution is 2.58. The van der Waals surface area contributed by atoms with Crippen molar-refractivity contribution in [2.24, 2.45) is 0 Å². The van der Waals surface area contributed by atoms with Gasteiger partial charge in [-0.1, -0.05) is 115 Å². The molecule has 0 bridgehead atoms. The molecule has 6 heteroatoms. The van der Waals surface area contributed by atoms with E-state index >= 15 is 0 Å². The highest BCUT2D eigenvalue weighted by molar-refractivity contribution is 7.98. The maximum absolute atomic E-state index is 14.4. The third-order valence-electron chi connectivity index (χ3n) is 8.12. The molecule has 1 N–H and O–H groups in total. The summed E-state index contributed by atoms with van der Waals surface area (Å²) in [6.45, 7) is 1.96. The second-order valence-electron chi connectivity index (χ2n) is 10.6. The molecule has 2 unspecified atom stereocenters. The third-order valence-corrected chi connectivity index (χ3v) is 10.9. The molecule has 7 aromatic carbocycles. The van der Waals surface area contributed by atoms with E-state index in [0.29, 0.717) is 5.75 Å². The van der Waals surface area contributed by atoms with Crippen LogP contribution in [0.4, 0.5) is 0 Å². The number of hydrogen-bond donors (Lipinski definition) is 1. The summed E-state index contributed by atoms with van der Waals surface area (Å²) in [7, 11) is -3.81. The van der Waals surface area contributed by atoms with Crippen LogP contribution < -0.4 is 9.61 Å². The predicted octanol–water partition coefficient (Wildman–Crippen LogP) is 10.8. The van der Waals surface area contributed by atoms with Gasteiger partial charge in [0.2, 0.25) is 0 Å². The van der Waals surface area contributed by atoms with Gasteiger partial charge in [0, 0.05) is 34.1 Å². The van der Waals surface area contributed by atoms with Crippen LogP contribution in [0.2, 0.25) is 0 Å². The highest BCUT2D eigenvalue weighted by Gasteiger charge is 2.35. The molecular formula is C36H26NO3PS. The first-order chi connectivity index (χ1) is 20.6. The zero-order valence-corrected chi connectivity index (χ0v) is 24.5. The van der Waals surface area contributed by atoms with Gasteiger partial charge in [-0.3, -0.25) is 0 Å². The Morgan fingerprint density at radius 1 is 0.595 bits per heavy atom. The van der Waals surface area contributed by atoms with Crippen LogP contribution in [-0.4, -0.2) is 0 Å². The van der Waals surface area contributed by atoms with Crippen molar-refractivity contribution < 1.29 is 13.1 Å². The SMILES string of the molecule is CC(NP1(=O)OSc2ccc3c(ccc4ccccc43)c2-c2c(ccc3c2ccc2ccccc23)O1)c1ccccc1. The Bertz CT molecular complexity index is 2220. The molecule has 0 spiro atoms. The first-order valence-electron chi connectivity index (χ1n) is 14.0. The van der Waals surface area contributed by atoms with Gasteiger partial charge in [0.15, 0.2) is 0 Å². The first kappa shape index (κ1) is 25.6. The van der Waals surface area contributed by atoms with E-state index in [1.807, 2.05) is 43.3 Å². The number of benzene rings is 7. The van der Waals surface area contributed by atoms with E-state index in [1.54, 1.807) is 0 Å². The lowest BCUT2D eigenvalue weighted by atomic mass is 9.90. The Labute approximate surface area is 248 Å². The van der Waals surface area contributed by atoms with Crippen molar-refractivity contribution in [2.45, 2.75) is 17.9 Å². The van der Waals surface area contributed by atoms with Crippen molar-refractivity contribution in [2.75, 3.05) is 0 Å². The monoisotopic (exact) mass is 583 g/mol. The predicted molar refractivity (Wildman–Crippen MR) is 175 cm³/mol. The van der Waals surface area contributed by atoms with E-state index in [2.05, 4.69) is 96.1 Å². The summed E-state index contributed by atoms with van der Waals surface area (Å²) in [5, 5.41) is 12.3. The number of nitrogens with one attached hydrogen (secondary N) is 1. The zero-order valence-electron chi connectivity index (χ0n) is 22.8. The lowest BCUT2D eigenvalue weighted by molar-refractivity contribution is 0.383. The molecule has 0 radical (unpaired) electrons. The van der Waals surface area contributed by atoms with Crippen molar-refractivity contribution in [1.82, 2.24) is 5.09 Å². The molecule has 4 nitrogen and oxygen atoms in total. The van der Waals surface area contributed by atoms with Gasteiger partial charge < -0.3 is 4.52 Å². The topological polar surface area (TPSA) is 47.6 Å². The van der Waals surface area contributed by atoms with E-state index in [9.17, 15) is 4.57 Å². The van der Waals surface area contributed by atoms with Gasteiger partial charge in [0.05, 0.1) is 0 Å². The van der Waals surface area contributed by atoms with Crippen LogP contribution in [0.25, 0.3) is 54.2 Å². The van der Waals surface area contributed by atoms with Crippen molar-refractivity contribution in [1.29, 1.82) is 0 Å². The molecule has 0 saturated carbocycles. The summed E-state index contributed by atoms with van der Waals surface area (Å²) in [6.07, 6.45) is 0. The highest BCUT2D eigenvalue weighted by atomic mass is 32.2. The van der Waals surface area contributed by atoms with Gasteiger partial charge in [-0.25, -0.2) is 13.6 Å². The van der Waals surface area contributed by atoms with Crippen LogP contribution in [0, 0.1) is 0 Å². The Morgan fingerprint density at radius 2 is 1.17 bits per heavy atom. The molecule has 42 heavy (non-hydrogen) atoms. The molecule has 7 aromatic rings. The molecule has 1 heterocycles. The van der Waals surface area contributed by atoms with E-state index in [1.165, 1.54) is 16.2 Å². The molecule has 1 aliphatic rings. The maximum atomic E-state index is 14.4. The van der Waals surface area contributed by atoms with Gasteiger partial charge in [0.25, 0.3) is 0 Å². The van der Waals surface area contributed by atoms with Crippen molar-refractivity contribution in [3.8, 4) is 16.9 Å². The minimum absolute atomic E-state index is 0.257. The molecule has 0 saturated heterocycles. The summed E-state index contributed by atoms with van der Waals surface area (Å²) in [5.41, 5.74) is 2.93. The van der Waals surface area contributed by atoms with E-state index in [4.69, 9.17) is 8.49 Å².